The van der Waals surface area contributed by atoms with Gasteiger partial charge in [0, 0.05) is 49.6 Å². The van der Waals surface area contributed by atoms with E-state index in [0.29, 0.717) is 17.5 Å². The van der Waals surface area contributed by atoms with Crippen LogP contribution in [0.15, 0.2) is 206 Å². The predicted octanol–water partition coefficient (Wildman–Crippen LogP) is 15.5. The molecule has 13 aromatic rings. The average Bonchev–Trinajstić information content (AvgIpc) is 3.91. The van der Waals surface area contributed by atoms with E-state index in [4.69, 9.17) is 15.0 Å². The van der Waals surface area contributed by atoms with E-state index in [0.717, 1.165) is 57.1 Å². The van der Waals surface area contributed by atoms with Crippen molar-refractivity contribution in [2.24, 2.45) is 0 Å². The van der Waals surface area contributed by atoms with Gasteiger partial charge < -0.3 is 9.13 Å². The molecule has 0 fully saturated rings. The van der Waals surface area contributed by atoms with Crippen LogP contribution in [0.2, 0.25) is 0 Å². The Morgan fingerprint density at radius 3 is 1.83 bits per heavy atom. The molecule has 66 heavy (non-hydrogen) atoms. The van der Waals surface area contributed by atoms with Crippen molar-refractivity contribution in [3.63, 3.8) is 0 Å². The van der Waals surface area contributed by atoms with Crippen molar-refractivity contribution in [1.29, 1.82) is 0 Å². The summed E-state index contributed by atoms with van der Waals surface area (Å²) >= 11 is 0. The number of aryl methyl sites for hydroxylation is 1. The number of fused-ring (bicyclic) bond motifs is 12. The number of rotatable bonds is 5. The minimum Gasteiger partial charge on any atom is -0.309 e. The third kappa shape index (κ3) is 5.56. The zero-order valence-electron chi connectivity index (χ0n) is 35.9. The molecular weight excluding hydrogens is 803 g/mol. The van der Waals surface area contributed by atoms with Gasteiger partial charge in [0.05, 0.1) is 22.2 Å². The molecule has 3 heterocycles. The average molecular weight is 842 g/mol. The smallest absolute Gasteiger partial charge is 0.164 e. The van der Waals surface area contributed by atoms with Crippen molar-refractivity contribution in [3.05, 3.63) is 218 Å². The Labute approximate surface area is 380 Å². The number of allylic oxidation sites excluding steroid dienone is 1. The maximum atomic E-state index is 5.26. The maximum absolute atomic E-state index is 5.26. The van der Waals surface area contributed by atoms with Gasteiger partial charge in [0.25, 0.3) is 0 Å². The van der Waals surface area contributed by atoms with Crippen LogP contribution in [0, 0.1) is 0 Å². The molecule has 10 aromatic carbocycles. The largest absolute Gasteiger partial charge is 0.309 e. The fourth-order valence-electron chi connectivity index (χ4n) is 10.8. The van der Waals surface area contributed by atoms with E-state index in [1.807, 2.05) is 18.2 Å². The topological polar surface area (TPSA) is 48.5 Å². The van der Waals surface area contributed by atoms with Crippen LogP contribution in [0.25, 0.3) is 127 Å². The van der Waals surface area contributed by atoms with Crippen molar-refractivity contribution < 1.29 is 0 Å². The Kier molecular flexibility index (Phi) is 8.04. The number of hydrogen-bond acceptors (Lipinski definition) is 3. The van der Waals surface area contributed by atoms with Crippen LogP contribution in [0.4, 0.5) is 0 Å². The number of aromatic nitrogens is 5. The van der Waals surface area contributed by atoms with Gasteiger partial charge in [0.15, 0.2) is 17.5 Å². The molecule has 0 atom stereocenters. The van der Waals surface area contributed by atoms with Gasteiger partial charge in [-0.05, 0) is 105 Å². The van der Waals surface area contributed by atoms with Gasteiger partial charge >= 0.3 is 0 Å². The van der Waals surface area contributed by atoms with Gasteiger partial charge in [0.2, 0.25) is 0 Å². The summed E-state index contributed by atoms with van der Waals surface area (Å²) in [5.41, 5.74) is 11.4. The summed E-state index contributed by atoms with van der Waals surface area (Å²) in [6, 6.07) is 72.1. The molecule has 0 unspecified atom stereocenters. The van der Waals surface area contributed by atoms with Crippen LogP contribution in [-0.2, 0) is 6.42 Å². The molecule has 5 heteroatoms. The first-order valence-corrected chi connectivity index (χ1v) is 22.7. The molecule has 0 saturated carbocycles. The van der Waals surface area contributed by atoms with Gasteiger partial charge in [-0.2, -0.15) is 0 Å². The van der Waals surface area contributed by atoms with E-state index < -0.39 is 0 Å². The highest BCUT2D eigenvalue weighted by molar-refractivity contribution is 6.27. The zero-order valence-corrected chi connectivity index (χ0v) is 35.9. The first-order chi connectivity index (χ1) is 32.7. The molecule has 308 valence electrons. The van der Waals surface area contributed by atoms with E-state index in [2.05, 4.69) is 203 Å². The molecule has 1 aliphatic carbocycles. The number of nitrogens with zero attached hydrogens (tertiary/aromatic N) is 5. The Hall–Kier alpha value is -8.67. The van der Waals surface area contributed by atoms with Crippen molar-refractivity contribution in [1.82, 2.24) is 24.1 Å². The summed E-state index contributed by atoms with van der Waals surface area (Å²) in [7, 11) is 0. The van der Waals surface area contributed by atoms with Crippen LogP contribution >= 0.6 is 0 Å². The summed E-state index contributed by atoms with van der Waals surface area (Å²) in [5, 5.41) is 13.4. The molecule has 0 aliphatic heterocycles. The molecule has 1 aliphatic rings. The van der Waals surface area contributed by atoms with Crippen molar-refractivity contribution >= 4 is 81.9 Å². The van der Waals surface area contributed by atoms with Crippen molar-refractivity contribution in [2.75, 3.05) is 0 Å². The molecule has 0 radical (unpaired) electrons. The third-order valence-electron chi connectivity index (χ3n) is 13.8. The molecule has 3 aromatic heterocycles. The second-order valence-electron chi connectivity index (χ2n) is 17.5. The highest BCUT2D eigenvalue weighted by atomic mass is 15.0. The quantitative estimate of drug-likeness (QED) is 0.173. The fraction of sp³-hybridized carbons (Fsp3) is 0.0328. The molecular formula is C61H39N5. The molecule has 14 rings (SSSR count). The number of hydrogen-bond donors (Lipinski definition) is 0. The van der Waals surface area contributed by atoms with E-state index in [-0.39, 0.29) is 0 Å². The first-order valence-electron chi connectivity index (χ1n) is 22.7. The summed E-state index contributed by atoms with van der Waals surface area (Å²) in [5.74, 6) is 1.93. The Balaban J connectivity index is 1.03. The normalized spacial score (nSPS) is 12.7. The third-order valence-corrected chi connectivity index (χ3v) is 13.8. The predicted molar refractivity (Wildman–Crippen MR) is 275 cm³/mol. The highest BCUT2D eigenvalue weighted by Gasteiger charge is 2.26. The van der Waals surface area contributed by atoms with Gasteiger partial charge in [-0.1, -0.05) is 164 Å². The Bertz CT molecular complexity index is 4170. The van der Waals surface area contributed by atoms with E-state index in [1.165, 1.54) is 70.9 Å². The van der Waals surface area contributed by atoms with Crippen molar-refractivity contribution in [2.45, 2.75) is 12.8 Å². The number of benzene rings is 10. The first kappa shape index (κ1) is 36.8. The van der Waals surface area contributed by atoms with Gasteiger partial charge in [-0.3, -0.25) is 0 Å². The van der Waals surface area contributed by atoms with Crippen molar-refractivity contribution in [3.8, 4) is 45.5 Å². The van der Waals surface area contributed by atoms with Gasteiger partial charge in [-0.25, -0.2) is 15.0 Å². The Morgan fingerprint density at radius 2 is 1.02 bits per heavy atom. The molecule has 0 saturated heterocycles. The lowest BCUT2D eigenvalue weighted by atomic mass is 9.98. The molecule has 0 amide bonds. The molecule has 5 nitrogen and oxygen atoms in total. The zero-order chi connectivity index (χ0) is 43.3. The summed E-state index contributed by atoms with van der Waals surface area (Å²) in [6.07, 6.45) is 6.63. The fourth-order valence-corrected chi connectivity index (χ4v) is 10.8. The summed E-state index contributed by atoms with van der Waals surface area (Å²) in [4.78, 5) is 15.6. The van der Waals surface area contributed by atoms with E-state index in [1.54, 1.807) is 0 Å². The van der Waals surface area contributed by atoms with Gasteiger partial charge in [-0.15, -0.1) is 0 Å². The lowest BCUT2D eigenvalue weighted by Gasteiger charge is -2.17. The van der Waals surface area contributed by atoms with Crippen LogP contribution < -0.4 is 0 Å². The standard InChI is InChI=1S/C61H39N5/c1-2-17-41(18-3-1)59-62-60(44-27-26-38-14-4-6-19-42(38)36-44)64-61(63-59)49-31-34-53(48-23-11-10-22-47(48)49)66-52-25-13-12-24-50(52)57-55(66)35-32-51-56-46-21-9-8-16-40(46)29-33-54(56)65(58(51)57)45-30-28-39-15-5-7-20-43(39)37-45/h1-11,13-23,25-37H,12,24H2. The lowest BCUT2D eigenvalue weighted by Crippen LogP contribution is -2.03. The summed E-state index contributed by atoms with van der Waals surface area (Å²) < 4.78 is 5.05. The van der Waals surface area contributed by atoms with Crippen LogP contribution in [0.3, 0.4) is 0 Å². The molecule has 0 spiro atoms. The van der Waals surface area contributed by atoms with Crippen LogP contribution in [0.1, 0.15) is 17.7 Å². The van der Waals surface area contributed by atoms with Crippen LogP contribution in [0.5, 0.6) is 0 Å². The SMILES string of the molecule is C1=Cc2c(c3c(ccc4c5c6ccccc6ccc5n(-c5ccc6ccccc6c5)c43)n2-c2ccc(-c3nc(-c4ccccc4)nc(-c4ccc5ccccc5c4)n3)c3ccccc23)CC1. The van der Waals surface area contributed by atoms with E-state index in [9.17, 15) is 0 Å². The van der Waals surface area contributed by atoms with E-state index >= 15 is 0 Å². The minimum absolute atomic E-state index is 0.642. The minimum atomic E-state index is 0.642. The summed E-state index contributed by atoms with van der Waals surface area (Å²) in [6.45, 7) is 0. The molecule has 0 bridgehead atoms. The monoisotopic (exact) mass is 841 g/mol. The Morgan fingerprint density at radius 1 is 0.394 bits per heavy atom. The van der Waals surface area contributed by atoms with Gasteiger partial charge in [0.1, 0.15) is 0 Å². The second kappa shape index (κ2) is 14.4. The maximum Gasteiger partial charge on any atom is 0.164 e. The highest BCUT2D eigenvalue weighted by Crippen LogP contribution is 2.46. The second-order valence-corrected chi connectivity index (χ2v) is 17.5. The van der Waals surface area contributed by atoms with Crippen LogP contribution in [-0.4, -0.2) is 24.1 Å². The lowest BCUT2D eigenvalue weighted by molar-refractivity contribution is 0.969. The molecule has 0 N–H and O–H groups in total.